The van der Waals surface area contributed by atoms with Gasteiger partial charge >= 0.3 is 0 Å². The van der Waals surface area contributed by atoms with Crippen LogP contribution >= 0.6 is 12.8 Å². The molecule has 5 nitrogen and oxygen atoms in total. The van der Waals surface area contributed by atoms with Crippen LogP contribution in [0.2, 0.25) is 0 Å². The first-order valence-corrected chi connectivity index (χ1v) is 8.21. The third-order valence-corrected chi connectivity index (χ3v) is 3.77. The van der Waals surface area contributed by atoms with Crippen molar-refractivity contribution in [3.8, 4) is 0 Å². The molecule has 0 radical (unpaired) electrons. The van der Waals surface area contributed by atoms with Gasteiger partial charge in [-0.05, 0) is 47.2 Å². The average molecular weight is 346 g/mol. The summed E-state index contributed by atoms with van der Waals surface area (Å²) >= 11 is 3.92. The Morgan fingerprint density at radius 2 is 2.08 bits per heavy atom. The van der Waals surface area contributed by atoms with E-state index < -0.39 is 4.16 Å². The quantitative estimate of drug-likeness (QED) is 0.427. The maximum Gasteiger partial charge on any atom is 0.252 e. The number of hydrogen-bond donors (Lipinski definition) is 3. The second kappa shape index (κ2) is 7.70. The summed E-state index contributed by atoms with van der Waals surface area (Å²) in [5, 5.41) is 9.55. The molecule has 1 unspecified atom stereocenters. The Labute approximate surface area is 147 Å². The summed E-state index contributed by atoms with van der Waals surface area (Å²) in [7, 11) is 1.44. The van der Waals surface area contributed by atoms with Crippen molar-refractivity contribution >= 4 is 24.6 Å². The lowest BCUT2D eigenvalue weighted by Gasteiger charge is -2.18. The number of rotatable bonds is 6. The number of aromatic nitrogens is 1. The minimum absolute atomic E-state index is 0.123. The molecule has 0 saturated carbocycles. The van der Waals surface area contributed by atoms with Gasteiger partial charge in [0.1, 0.15) is 19.9 Å². The highest BCUT2D eigenvalue weighted by Crippen LogP contribution is 2.14. The van der Waals surface area contributed by atoms with Gasteiger partial charge in [-0.25, -0.2) is 0 Å². The fraction of sp³-hybridized carbons (Fsp3) is 0.278. The van der Waals surface area contributed by atoms with Crippen LogP contribution in [-0.4, -0.2) is 21.0 Å². The van der Waals surface area contributed by atoms with Gasteiger partial charge in [-0.15, -0.1) is 0 Å². The van der Waals surface area contributed by atoms with Crippen molar-refractivity contribution in [1.29, 1.82) is 0 Å². The molecule has 0 amide bonds. The zero-order valence-corrected chi connectivity index (χ0v) is 15.1. The van der Waals surface area contributed by atoms with E-state index in [1.54, 1.807) is 16.8 Å². The highest BCUT2D eigenvalue weighted by atomic mass is 32.1. The molecule has 0 aliphatic heterocycles. The van der Waals surface area contributed by atoms with Gasteiger partial charge in [-0.1, -0.05) is 30.4 Å². The zero-order chi connectivity index (χ0) is 17.7. The van der Waals surface area contributed by atoms with E-state index in [0.717, 1.165) is 6.42 Å². The van der Waals surface area contributed by atoms with Crippen LogP contribution < -0.4 is 11.0 Å². The van der Waals surface area contributed by atoms with Crippen molar-refractivity contribution in [2.24, 2.45) is 0 Å². The Hall–Kier alpha value is -2.02. The molecule has 0 spiro atoms. The van der Waals surface area contributed by atoms with Crippen LogP contribution in [0.3, 0.4) is 0 Å². The predicted molar refractivity (Wildman–Crippen MR) is 101 cm³/mol. The normalized spacial score (nSPS) is 13.9. The van der Waals surface area contributed by atoms with E-state index in [0.29, 0.717) is 12.2 Å². The third kappa shape index (κ3) is 5.26. The van der Waals surface area contributed by atoms with Crippen LogP contribution in [0, 0.1) is 6.92 Å². The standard InChI is InChI=1S/C18H23N3O2S/c1-4-5-16-12-15(7-6-14(16)2)8-10-20-11-9-17(13-18(20)22)19-21(3,23)24/h4-7,9,11-13,23-24H,8,10H2,1-3H3/p+1/b5-4-. The molecule has 128 valence electrons. The molecule has 2 aromatic rings. The van der Waals surface area contributed by atoms with Gasteiger partial charge < -0.3 is 4.57 Å². The van der Waals surface area contributed by atoms with E-state index in [1.165, 1.54) is 29.8 Å². The van der Waals surface area contributed by atoms with Gasteiger partial charge in [0.05, 0.1) is 5.69 Å². The number of thiol groups is 1. The second-order valence-corrected chi connectivity index (χ2v) is 6.69. The van der Waals surface area contributed by atoms with Crippen LogP contribution in [0.15, 0.2) is 47.4 Å². The molecule has 2 rings (SSSR count). The molecule has 1 aromatic carbocycles. The maximum atomic E-state index is 12.2. The number of quaternary nitrogens is 1. The Kier molecular flexibility index (Phi) is 5.88. The second-order valence-electron chi connectivity index (χ2n) is 5.91. The molecular weight excluding hydrogens is 322 g/mol. The van der Waals surface area contributed by atoms with Crippen LogP contribution in [0.5, 0.6) is 0 Å². The SMILES string of the molecule is C/C=C\c1cc(CCn2ccc(N[N+](C)(O)S)cc2=O)ccc1C. The topological polar surface area (TPSA) is 54.3 Å². The summed E-state index contributed by atoms with van der Waals surface area (Å²) in [6.45, 7) is 4.69. The summed E-state index contributed by atoms with van der Waals surface area (Å²) in [5.74, 6) is 0. The average Bonchev–Trinajstić information content (AvgIpc) is 2.48. The van der Waals surface area contributed by atoms with Crippen LogP contribution in [0.4, 0.5) is 5.69 Å². The number of aryl methyl sites for hydroxylation is 3. The molecule has 0 fully saturated rings. The van der Waals surface area contributed by atoms with E-state index >= 15 is 0 Å². The predicted octanol–water partition coefficient (Wildman–Crippen LogP) is 3.44. The molecule has 1 atom stereocenters. The van der Waals surface area contributed by atoms with Gasteiger partial charge in [-0.3, -0.25) is 4.79 Å². The number of nitrogens with one attached hydrogen (secondary N) is 1. The molecule has 0 aliphatic carbocycles. The molecule has 1 heterocycles. The lowest BCUT2D eigenvalue weighted by Crippen LogP contribution is -2.36. The molecule has 6 heteroatoms. The molecule has 24 heavy (non-hydrogen) atoms. The smallest absolute Gasteiger partial charge is 0.252 e. The fourth-order valence-electron chi connectivity index (χ4n) is 2.46. The minimum atomic E-state index is -0.736. The summed E-state index contributed by atoms with van der Waals surface area (Å²) in [4.78, 5) is 12.2. The Bertz CT molecular complexity index is 792. The molecule has 0 saturated heterocycles. The summed E-state index contributed by atoms with van der Waals surface area (Å²) in [5.41, 5.74) is 6.71. The van der Waals surface area contributed by atoms with Crippen LogP contribution in [-0.2, 0) is 13.0 Å². The van der Waals surface area contributed by atoms with E-state index in [1.807, 2.05) is 13.0 Å². The summed E-state index contributed by atoms with van der Waals surface area (Å²) in [6, 6.07) is 9.55. The highest BCUT2D eigenvalue weighted by molar-refractivity contribution is 7.74. The number of allylic oxidation sites excluding steroid dienone is 1. The molecular formula is C18H24N3O2S+. The molecule has 0 aliphatic rings. The van der Waals surface area contributed by atoms with E-state index in [4.69, 9.17) is 0 Å². The van der Waals surface area contributed by atoms with Gasteiger partial charge in [0.15, 0.2) is 0 Å². The molecule has 2 N–H and O–H groups in total. The van der Waals surface area contributed by atoms with Crippen molar-refractivity contribution in [2.75, 3.05) is 12.5 Å². The van der Waals surface area contributed by atoms with E-state index in [9.17, 15) is 10.0 Å². The minimum Gasteiger partial charge on any atom is -0.315 e. The Balaban J connectivity index is 2.10. The summed E-state index contributed by atoms with van der Waals surface area (Å²) < 4.78 is 0.918. The van der Waals surface area contributed by atoms with E-state index in [2.05, 4.69) is 49.4 Å². The van der Waals surface area contributed by atoms with Gasteiger partial charge in [0, 0.05) is 18.8 Å². The largest absolute Gasteiger partial charge is 0.315 e. The number of hydrogen-bond acceptors (Lipinski definition) is 4. The number of hydroxylamine groups is 1. The number of benzene rings is 1. The fourth-order valence-corrected chi connectivity index (χ4v) is 2.58. The van der Waals surface area contributed by atoms with Gasteiger partial charge in [-0.2, -0.15) is 10.6 Å². The molecule has 1 aromatic heterocycles. The third-order valence-electron chi connectivity index (χ3n) is 3.67. The van der Waals surface area contributed by atoms with Gasteiger partial charge in [0.2, 0.25) is 0 Å². The van der Waals surface area contributed by atoms with Crippen LogP contribution in [0.25, 0.3) is 6.08 Å². The van der Waals surface area contributed by atoms with Gasteiger partial charge in [0.25, 0.3) is 5.56 Å². The lowest BCUT2D eigenvalue weighted by molar-refractivity contribution is -0.955. The number of anilines is 1. The summed E-state index contributed by atoms with van der Waals surface area (Å²) in [6.07, 6.45) is 6.61. The number of pyridine rings is 1. The molecule has 0 bridgehead atoms. The highest BCUT2D eigenvalue weighted by Gasteiger charge is 2.13. The monoisotopic (exact) mass is 346 g/mol. The zero-order valence-electron chi connectivity index (χ0n) is 14.2. The van der Waals surface area contributed by atoms with Crippen molar-refractivity contribution < 1.29 is 9.37 Å². The van der Waals surface area contributed by atoms with Crippen molar-refractivity contribution in [2.45, 2.75) is 26.8 Å². The number of nitrogens with zero attached hydrogens (tertiary/aromatic N) is 2. The maximum absolute atomic E-state index is 12.2. The van der Waals surface area contributed by atoms with Crippen molar-refractivity contribution in [3.05, 3.63) is 69.6 Å². The first-order chi connectivity index (χ1) is 11.3. The first kappa shape index (κ1) is 18.3. The van der Waals surface area contributed by atoms with Crippen molar-refractivity contribution in [1.82, 2.24) is 4.57 Å². The lowest BCUT2D eigenvalue weighted by atomic mass is 10.0. The Morgan fingerprint density at radius 3 is 2.71 bits per heavy atom. The van der Waals surface area contributed by atoms with Crippen LogP contribution in [0.1, 0.15) is 23.6 Å². The van der Waals surface area contributed by atoms with E-state index in [-0.39, 0.29) is 5.56 Å². The first-order valence-electron chi connectivity index (χ1n) is 7.81. The Morgan fingerprint density at radius 1 is 1.33 bits per heavy atom. The van der Waals surface area contributed by atoms with Crippen molar-refractivity contribution in [3.63, 3.8) is 0 Å².